The molecule has 3 aliphatic heterocycles. The lowest BCUT2D eigenvalue weighted by Gasteiger charge is -2.61. The Bertz CT molecular complexity index is 1640. The number of rotatable bonds is 14. The summed E-state index contributed by atoms with van der Waals surface area (Å²) in [4.78, 5) is 13.7. The van der Waals surface area contributed by atoms with Crippen LogP contribution in [-0.4, -0.2) is 192 Å². The molecule has 0 aromatic heterocycles. The molecule has 0 radical (unpaired) electrons. The van der Waals surface area contributed by atoms with Gasteiger partial charge in [-0.2, -0.15) is 0 Å². The maximum absolute atomic E-state index is 13.7. The summed E-state index contributed by atoms with van der Waals surface area (Å²) >= 11 is 0. The molecule has 0 spiro atoms. The lowest BCUT2D eigenvalue weighted by atomic mass is 9.44. The van der Waals surface area contributed by atoms with Crippen molar-refractivity contribution in [2.75, 3.05) is 13.7 Å². The summed E-state index contributed by atoms with van der Waals surface area (Å²) in [6, 6.07) is 0. The molecular weight excluding hydrogens is 881 g/mol. The Morgan fingerprint density at radius 2 is 1.31 bits per heavy atom. The Balaban J connectivity index is 1.28. The number of esters is 1. The molecule has 28 unspecified atom stereocenters. The van der Waals surface area contributed by atoms with Gasteiger partial charge in [-0.1, -0.05) is 48.0 Å². The molecule has 7 fully saturated rings. The fraction of sp³-hybridized carbons (Fsp3) is 0.979. The Hall–Kier alpha value is -1.21. The van der Waals surface area contributed by atoms with Crippen LogP contribution in [0.1, 0.15) is 106 Å². The Morgan fingerprint density at radius 1 is 0.701 bits per heavy atom. The van der Waals surface area contributed by atoms with Crippen LogP contribution in [0.25, 0.3) is 0 Å². The molecule has 0 amide bonds. The van der Waals surface area contributed by atoms with E-state index in [1.807, 2.05) is 13.8 Å². The number of hydrogen-bond acceptors (Lipinski definition) is 19. The van der Waals surface area contributed by atoms with Gasteiger partial charge in [0.1, 0.15) is 61.0 Å². The summed E-state index contributed by atoms with van der Waals surface area (Å²) in [6.07, 6.45) is -22.6. The van der Waals surface area contributed by atoms with Gasteiger partial charge in [0.05, 0.1) is 44.2 Å². The summed E-state index contributed by atoms with van der Waals surface area (Å²) in [5, 5.41) is 123. The highest BCUT2D eigenvalue weighted by Gasteiger charge is 2.68. The van der Waals surface area contributed by atoms with Gasteiger partial charge in [0.25, 0.3) is 0 Å². The first kappa shape index (κ1) is 53.6. The molecule has 7 aliphatic rings. The standard InChI is InChI=1S/C48H82O19/c1-9-24(19(2)3)27(51)16-20(4)29-39(33(54)30-25-11-10-22-17-23(50)12-14-47(22,6)26(25)13-15-48(29,30)7)64-46-41(66-45-37(58)35(56)32(53)28(18-49)63-45)38(59)40(42(67-46)43(60)61-8)65-44-36(57)34(55)31(52)21(5)62-44/h19-42,44-46,49-59H,9-18H2,1-8H3. The summed E-state index contributed by atoms with van der Waals surface area (Å²) in [6.45, 7) is 13.4. The lowest BCUT2D eigenvalue weighted by molar-refractivity contribution is -0.388. The smallest absolute Gasteiger partial charge is 0.337 e. The highest BCUT2D eigenvalue weighted by Crippen LogP contribution is 2.69. The summed E-state index contributed by atoms with van der Waals surface area (Å²) in [5.41, 5.74) is -0.595. The van der Waals surface area contributed by atoms with Crippen molar-refractivity contribution in [3.05, 3.63) is 0 Å². The van der Waals surface area contributed by atoms with Gasteiger partial charge >= 0.3 is 5.97 Å². The molecule has 0 bridgehead atoms. The average molecular weight is 963 g/mol. The molecule has 19 heteroatoms. The van der Waals surface area contributed by atoms with Crippen LogP contribution in [0.2, 0.25) is 0 Å². The minimum absolute atomic E-state index is 0.00530. The maximum Gasteiger partial charge on any atom is 0.337 e. The maximum atomic E-state index is 13.7. The third-order valence-electron chi connectivity index (χ3n) is 18.3. The Morgan fingerprint density at radius 3 is 1.94 bits per heavy atom. The molecule has 7 rings (SSSR count). The van der Waals surface area contributed by atoms with Crippen LogP contribution in [0.4, 0.5) is 0 Å². The molecule has 28 atom stereocenters. The van der Waals surface area contributed by atoms with Crippen molar-refractivity contribution in [1.82, 2.24) is 0 Å². The molecule has 3 saturated heterocycles. The topological polar surface area (TPSA) is 304 Å². The van der Waals surface area contributed by atoms with Crippen molar-refractivity contribution in [3.63, 3.8) is 0 Å². The molecule has 19 nitrogen and oxygen atoms in total. The van der Waals surface area contributed by atoms with Gasteiger partial charge in [-0.15, -0.1) is 0 Å². The second-order valence-electron chi connectivity index (χ2n) is 22.3. The largest absolute Gasteiger partial charge is 0.467 e. The molecule has 388 valence electrons. The predicted octanol–water partition coefficient (Wildman–Crippen LogP) is -0.302. The van der Waals surface area contributed by atoms with E-state index in [-0.39, 0.29) is 47.0 Å². The van der Waals surface area contributed by atoms with Gasteiger partial charge in [-0.25, -0.2) is 4.79 Å². The quantitative estimate of drug-likeness (QED) is 0.0996. The zero-order chi connectivity index (χ0) is 49.2. The van der Waals surface area contributed by atoms with E-state index >= 15 is 0 Å². The van der Waals surface area contributed by atoms with Gasteiger partial charge in [-0.3, -0.25) is 0 Å². The highest BCUT2D eigenvalue weighted by molar-refractivity contribution is 5.75. The van der Waals surface area contributed by atoms with Crippen LogP contribution in [0.15, 0.2) is 0 Å². The second-order valence-corrected chi connectivity index (χ2v) is 22.3. The Labute approximate surface area is 394 Å². The number of hydrogen-bond donors (Lipinski definition) is 11. The van der Waals surface area contributed by atoms with Crippen molar-refractivity contribution in [3.8, 4) is 0 Å². The molecule has 3 heterocycles. The molecule has 0 aromatic carbocycles. The first-order valence-corrected chi connectivity index (χ1v) is 25.0. The fourth-order valence-corrected chi connectivity index (χ4v) is 14.7. The molecule has 11 N–H and O–H groups in total. The van der Waals surface area contributed by atoms with Crippen molar-refractivity contribution < 1.29 is 94.1 Å². The van der Waals surface area contributed by atoms with Crippen molar-refractivity contribution in [2.24, 2.45) is 58.2 Å². The van der Waals surface area contributed by atoms with E-state index in [1.165, 1.54) is 6.92 Å². The van der Waals surface area contributed by atoms with Crippen LogP contribution in [-0.2, 0) is 38.0 Å². The number of carbonyl (C=O) groups excluding carboxylic acids is 1. The lowest BCUT2D eigenvalue weighted by Crippen LogP contribution is -2.67. The summed E-state index contributed by atoms with van der Waals surface area (Å²) < 4.78 is 42.2. The highest BCUT2D eigenvalue weighted by atomic mass is 16.8. The van der Waals surface area contributed by atoms with E-state index in [4.69, 9.17) is 33.2 Å². The van der Waals surface area contributed by atoms with Crippen molar-refractivity contribution in [1.29, 1.82) is 0 Å². The van der Waals surface area contributed by atoms with Gasteiger partial charge < -0.3 is 89.3 Å². The minimum atomic E-state index is -2.02. The molecular formula is C48H82O19. The number of fused-ring (bicyclic) bond motifs is 5. The van der Waals surface area contributed by atoms with Gasteiger partial charge in [-0.05, 0) is 116 Å². The van der Waals surface area contributed by atoms with Gasteiger partial charge in [0, 0.05) is 0 Å². The second kappa shape index (κ2) is 21.1. The van der Waals surface area contributed by atoms with Gasteiger partial charge in [0.15, 0.2) is 25.0 Å². The van der Waals surface area contributed by atoms with Crippen LogP contribution in [0.3, 0.4) is 0 Å². The number of carbonyl (C=O) groups is 1. The third kappa shape index (κ3) is 9.76. The number of ether oxygens (including phenoxy) is 7. The SMILES string of the molecule is CCC(C(C)C)C(O)CC(C)C1C(OC2OC(C(=O)OC)C(OC3OC(C)C(O)C(O)C3O)C(O)C2OC2OC(CO)C(O)C(O)C2O)C(O)C2C3CCC4CC(O)CCC4(C)C3CCC21C. The minimum Gasteiger partial charge on any atom is -0.467 e. The van der Waals surface area contributed by atoms with Crippen LogP contribution in [0.5, 0.6) is 0 Å². The molecule has 0 aromatic rings. The van der Waals surface area contributed by atoms with E-state index in [1.54, 1.807) is 0 Å². The van der Waals surface area contributed by atoms with E-state index in [9.17, 15) is 61.0 Å². The van der Waals surface area contributed by atoms with Gasteiger partial charge in [0.2, 0.25) is 0 Å². The monoisotopic (exact) mass is 963 g/mol. The molecule has 67 heavy (non-hydrogen) atoms. The van der Waals surface area contributed by atoms with Crippen LogP contribution < -0.4 is 0 Å². The van der Waals surface area contributed by atoms with Crippen molar-refractivity contribution in [2.45, 2.75) is 223 Å². The van der Waals surface area contributed by atoms with Crippen LogP contribution in [0, 0.1) is 58.2 Å². The van der Waals surface area contributed by atoms with E-state index in [2.05, 4.69) is 27.7 Å². The molecule has 4 saturated carbocycles. The number of aliphatic hydroxyl groups excluding tert-OH is 11. The van der Waals surface area contributed by atoms with E-state index in [0.29, 0.717) is 12.3 Å². The molecule has 4 aliphatic carbocycles. The summed E-state index contributed by atoms with van der Waals surface area (Å²) in [5.74, 6) is -1.19. The number of aliphatic hydroxyl groups is 11. The van der Waals surface area contributed by atoms with Crippen molar-refractivity contribution >= 4 is 5.97 Å². The first-order valence-electron chi connectivity index (χ1n) is 25.0. The normalized spacial score (nSPS) is 51.6. The zero-order valence-corrected chi connectivity index (χ0v) is 40.3. The van der Waals surface area contributed by atoms with E-state index < -0.39 is 134 Å². The average Bonchev–Trinajstić information content (AvgIpc) is 3.51. The Kier molecular flexibility index (Phi) is 16.9. The summed E-state index contributed by atoms with van der Waals surface area (Å²) in [7, 11) is 1.07. The van der Waals surface area contributed by atoms with Crippen LogP contribution >= 0.6 is 0 Å². The first-order chi connectivity index (χ1) is 31.5. The van der Waals surface area contributed by atoms with E-state index in [0.717, 1.165) is 58.5 Å². The predicted molar refractivity (Wildman–Crippen MR) is 234 cm³/mol. The zero-order valence-electron chi connectivity index (χ0n) is 40.3. The fourth-order valence-electron chi connectivity index (χ4n) is 14.7. The number of methoxy groups -OCH3 is 1. The third-order valence-corrected chi connectivity index (χ3v) is 18.3.